The van der Waals surface area contributed by atoms with Crippen LogP contribution in [0.15, 0.2) is 22.7 Å². The van der Waals surface area contributed by atoms with Gasteiger partial charge in [0, 0.05) is 15.6 Å². The molecule has 1 aliphatic rings. The first-order valence-corrected chi connectivity index (χ1v) is 7.42. The minimum Gasteiger partial charge on any atom is -0.337 e. The predicted octanol–water partition coefficient (Wildman–Crippen LogP) is 4.16. The first kappa shape index (κ1) is 13.9. The van der Waals surface area contributed by atoms with E-state index in [1.54, 1.807) is 18.2 Å². The van der Waals surface area contributed by atoms with Crippen LogP contribution in [0.3, 0.4) is 0 Å². The van der Waals surface area contributed by atoms with Crippen molar-refractivity contribution in [1.82, 2.24) is 10.1 Å². The Morgan fingerprint density at radius 2 is 1.70 bits per heavy atom. The van der Waals surface area contributed by atoms with Gasteiger partial charge in [-0.25, -0.2) is 0 Å². The molecule has 3 rings (SSSR count). The summed E-state index contributed by atoms with van der Waals surface area (Å²) in [7, 11) is 0. The van der Waals surface area contributed by atoms with Gasteiger partial charge in [-0.3, -0.25) is 0 Å². The monoisotopic (exact) mass is 311 g/mol. The van der Waals surface area contributed by atoms with Gasteiger partial charge in [0.2, 0.25) is 11.7 Å². The average molecular weight is 312 g/mol. The van der Waals surface area contributed by atoms with Crippen LogP contribution in [0.25, 0.3) is 11.4 Å². The van der Waals surface area contributed by atoms with Gasteiger partial charge in [0.05, 0.1) is 5.54 Å². The zero-order chi connectivity index (χ0) is 14.2. The minimum absolute atomic E-state index is 0.472. The van der Waals surface area contributed by atoms with Gasteiger partial charge in [-0.05, 0) is 31.0 Å². The fourth-order valence-corrected chi connectivity index (χ4v) is 3.15. The molecule has 0 saturated heterocycles. The van der Waals surface area contributed by atoms with E-state index in [2.05, 4.69) is 10.1 Å². The van der Waals surface area contributed by atoms with E-state index in [0.29, 0.717) is 21.8 Å². The van der Waals surface area contributed by atoms with Crippen molar-refractivity contribution >= 4 is 23.2 Å². The molecule has 0 atom stereocenters. The number of hydrogen-bond donors (Lipinski definition) is 1. The molecule has 0 aliphatic heterocycles. The third kappa shape index (κ3) is 2.68. The van der Waals surface area contributed by atoms with Crippen molar-refractivity contribution in [2.45, 2.75) is 37.6 Å². The van der Waals surface area contributed by atoms with Crippen molar-refractivity contribution in [3.63, 3.8) is 0 Å². The summed E-state index contributed by atoms with van der Waals surface area (Å²) in [6.07, 6.45) is 5.16. The fraction of sp³-hybridized carbons (Fsp3) is 0.429. The molecule has 2 aromatic rings. The third-order valence-electron chi connectivity index (χ3n) is 3.72. The van der Waals surface area contributed by atoms with Crippen molar-refractivity contribution in [2.75, 3.05) is 0 Å². The maximum Gasteiger partial charge on any atom is 0.247 e. The fourth-order valence-electron chi connectivity index (χ4n) is 2.62. The first-order chi connectivity index (χ1) is 9.57. The number of benzene rings is 1. The largest absolute Gasteiger partial charge is 0.337 e. The molecular formula is C14H15Cl2N3O. The van der Waals surface area contributed by atoms with Crippen LogP contribution in [0.5, 0.6) is 0 Å². The Kier molecular flexibility index (Phi) is 3.71. The van der Waals surface area contributed by atoms with Gasteiger partial charge in [-0.2, -0.15) is 4.98 Å². The number of halogens is 2. The summed E-state index contributed by atoms with van der Waals surface area (Å²) >= 11 is 12.0. The minimum atomic E-state index is -0.494. The molecule has 0 radical (unpaired) electrons. The van der Waals surface area contributed by atoms with E-state index in [9.17, 15) is 0 Å². The Morgan fingerprint density at radius 3 is 2.35 bits per heavy atom. The highest BCUT2D eigenvalue weighted by Gasteiger charge is 2.35. The van der Waals surface area contributed by atoms with Crippen molar-refractivity contribution in [2.24, 2.45) is 5.73 Å². The lowest BCUT2D eigenvalue weighted by molar-refractivity contribution is 0.220. The molecule has 106 valence electrons. The second-order valence-corrected chi connectivity index (χ2v) is 6.17. The SMILES string of the molecule is NC1(c2nc(-c3cc(Cl)cc(Cl)c3)no2)CCCCC1. The summed E-state index contributed by atoms with van der Waals surface area (Å²) in [6, 6.07) is 5.18. The molecule has 4 nitrogen and oxygen atoms in total. The van der Waals surface area contributed by atoms with Crippen LogP contribution in [0.4, 0.5) is 0 Å². The topological polar surface area (TPSA) is 64.9 Å². The van der Waals surface area contributed by atoms with Crippen LogP contribution in [0, 0.1) is 0 Å². The molecule has 0 amide bonds. The number of nitrogens with zero attached hydrogens (tertiary/aromatic N) is 2. The number of hydrogen-bond acceptors (Lipinski definition) is 4. The lowest BCUT2D eigenvalue weighted by Gasteiger charge is -2.29. The van der Waals surface area contributed by atoms with Crippen LogP contribution < -0.4 is 5.73 Å². The van der Waals surface area contributed by atoms with Crippen molar-refractivity contribution in [1.29, 1.82) is 0 Å². The molecular weight excluding hydrogens is 297 g/mol. The van der Waals surface area contributed by atoms with E-state index >= 15 is 0 Å². The Morgan fingerprint density at radius 1 is 1.05 bits per heavy atom. The van der Waals surface area contributed by atoms with Gasteiger partial charge >= 0.3 is 0 Å². The first-order valence-electron chi connectivity index (χ1n) is 6.66. The van der Waals surface area contributed by atoms with Gasteiger partial charge in [0.25, 0.3) is 0 Å². The predicted molar refractivity (Wildman–Crippen MR) is 78.7 cm³/mol. The van der Waals surface area contributed by atoms with Gasteiger partial charge < -0.3 is 10.3 Å². The molecule has 0 unspecified atom stereocenters. The van der Waals surface area contributed by atoms with Gasteiger partial charge in [-0.1, -0.05) is 47.6 Å². The summed E-state index contributed by atoms with van der Waals surface area (Å²) < 4.78 is 5.37. The molecule has 1 heterocycles. The molecule has 0 bridgehead atoms. The van der Waals surface area contributed by atoms with Gasteiger partial charge in [-0.15, -0.1) is 0 Å². The van der Waals surface area contributed by atoms with Crippen LogP contribution in [-0.4, -0.2) is 10.1 Å². The van der Waals surface area contributed by atoms with E-state index in [-0.39, 0.29) is 0 Å². The molecule has 1 aromatic heterocycles. The smallest absolute Gasteiger partial charge is 0.247 e. The van der Waals surface area contributed by atoms with Crippen molar-refractivity contribution in [3.05, 3.63) is 34.1 Å². The second-order valence-electron chi connectivity index (χ2n) is 5.30. The average Bonchev–Trinajstić information content (AvgIpc) is 2.89. The van der Waals surface area contributed by atoms with Crippen molar-refractivity contribution in [3.8, 4) is 11.4 Å². The number of rotatable bonds is 2. The molecule has 1 saturated carbocycles. The summed E-state index contributed by atoms with van der Waals surface area (Å²) in [5.41, 5.74) is 6.62. The standard InChI is InChI=1S/C14H15Cl2N3O/c15-10-6-9(7-11(16)8-10)12-18-13(20-19-12)14(17)4-2-1-3-5-14/h6-8H,1-5,17H2. The highest BCUT2D eigenvalue weighted by Crippen LogP contribution is 2.35. The number of nitrogens with two attached hydrogens (primary N) is 1. The molecule has 2 N–H and O–H groups in total. The summed E-state index contributed by atoms with van der Waals surface area (Å²) in [5, 5.41) is 5.09. The highest BCUT2D eigenvalue weighted by molar-refractivity contribution is 6.35. The number of aromatic nitrogens is 2. The summed E-state index contributed by atoms with van der Waals surface area (Å²) in [5.74, 6) is 0.975. The Balaban J connectivity index is 1.93. The normalized spacial score (nSPS) is 18.1. The van der Waals surface area contributed by atoms with Crippen molar-refractivity contribution < 1.29 is 4.52 Å². The van der Waals surface area contributed by atoms with E-state index in [1.807, 2.05) is 0 Å². The molecule has 20 heavy (non-hydrogen) atoms. The quantitative estimate of drug-likeness (QED) is 0.904. The van der Waals surface area contributed by atoms with Gasteiger partial charge in [0.15, 0.2) is 0 Å². The summed E-state index contributed by atoms with van der Waals surface area (Å²) in [6.45, 7) is 0. The Hall–Kier alpha value is -1.10. The highest BCUT2D eigenvalue weighted by atomic mass is 35.5. The Bertz CT molecular complexity index is 600. The van der Waals surface area contributed by atoms with Crippen LogP contribution in [0.1, 0.15) is 38.0 Å². The maximum absolute atomic E-state index is 6.38. The summed E-state index contributed by atoms with van der Waals surface area (Å²) in [4.78, 5) is 4.44. The van der Waals surface area contributed by atoms with Crippen LogP contribution in [0.2, 0.25) is 10.0 Å². The van der Waals surface area contributed by atoms with E-state index in [4.69, 9.17) is 33.5 Å². The lowest BCUT2D eigenvalue weighted by Crippen LogP contribution is -2.38. The molecule has 0 spiro atoms. The Labute approximate surface area is 127 Å². The molecule has 1 aromatic carbocycles. The molecule has 6 heteroatoms. The zero-order valence-electron chi connectivity index (χ0n) is 10.9. The van der Waals surface area contributed by atoms with E-state index in [1.165, 1.54) is 6.42 Å². The van der Waals surface area contributed by atoms with Crippen LogP contribution >= 0.6 is 23.2 Å². The van der Waals surface area contributed by atoms with Gasteiger partial charge in [0.1, 0.15) is 0 Å². The molecule has 1 aliphatic carbocycles. The maximum atomic E-state index is 6.38. The third-order valence-corrected chi connectivity index (χ3v) is 4.15. The second kappa shape index (κ2) is 5.35. The van der Waals surface area contributed by atoms with E-state index in [0.717, 1.165) is 31.2 Å². The lowest BCUT2D eigenvalue weighted by atomic mass is 9.82. The van der Waals surface area contributed by atoms with E-state index < -0.39 is 5.54 Å². The molecule has 1 fully saturated rings. The van der Waals surface area contributed by atoms with Crippen LogP contribution in [-0.2, 0) is 5.54 Å². The zero-order valence-corrected chi connectivity index (χ0v) is 12.4.